The molecule has 0 aliphatic heterocycles. The van der Waals surface area contributed by atoms with Gasteiger partial charge in [0, 0.05) is 23.4 Å². The lowest BCUT2D eigenvalue weighted by Gasteiger charge is -2.12. The van der Waals surface area contributed by atoms with Gasteiger partial charge >= 0.3 is 0 Å². The molecule has 0 spiro atoms. The van der Waals surface area contributed by atoms with E-state index in [-0.39, 0.29) is 5.56 Å². The summed E-state index contributed by atoms with van der Waals surface area (Å²) in [4.78, 5) is 24.9. The van der Waals surface area contributed by atoms with Crippen molar-refractivity contribution in [2.24, 2.45) is 0 Å². The van der Waals surface area contributed by atoms with Gasteiger partial charge in [-0.1, -0.05) is 37.6 Å². The van der Waals surface area contributed by atoms with Crippen molar-refractivity contribution in [3.8, 4) is 0 Å². The van der Waals surface area contributed by atoms with Gasteiger partial charge < -0.3 is 0 Å². The molecular weight excluding hydrogens is 362 g/mol. The molecule has 0 aromatic carbocycles. The minimum absolute atomic E-state index is 0.161. The number of hydrogen-bond donors (Lipinski definition) is 0. The average molecular weight is 386 g/mol. The first kappa shape index (κ1) is 17.7. The molecule has 0 bridgehead atoms. The van der Waals surface area contributed by atoms with Gasteiger partial charge in [-0.2, -0.15) is 0 Å². The maximum atomic E-state index is 13.3. The summed E-state index contributed by atoms with van der Waals surface area (Å²) in [7, 11) is 0. The summed E-state index contributed by atoms with van der Waals surface area (Å²) in [5.74, 6) is 0.734. The first-order valence-electron chi connectivity index (χ1n) is 9.35. The van der Waals surface area contributed by atoms with Crippen LogP contribution in [0.25, 0.3) is 10.2 Å². The lowest BCUT2D eigenvalue weighted by molar-refractivity contribution is 0.542. The van der Waals surface area contributed by atoms with Gasteiger partial charge in [-0.25, -0.2) is 4.98 Å². The Morgan fingerprint density at radius 3 is 3.00 bits per heavy atom. The number of thioether (sulfide) groups is 1. The highest BCUT2D eigenvalue weighted by Gasteiger charge is 2.23. The molecule has 0 atom stereocenters. The number of hydrogen-bond acceptors (Lipinski definition) is 5. The van der Waals surface area contributed by atoms with Crippen LogP contribution in [0.15, 0.2) is 34.3 Å². The minimum atomic E-state index is 0.161. The third-order valence-electron chi connectivity index (χ3n) is 4.85. The van der Waals surface area contributed by atoms with E-state index in [2.05, 4.69) is 11.9 Å². The quantitative estimate of drug-likeness (QED) is 0.332. The van der Waals surface area contributed by atoms with E-state index >= 15 is 0 Å². The van der Waals surface area contributed by atoms with Crippen molar-refractivity contribution in [2.75, 3.05) is 0 Å². The first-order chi connectivity index (χ1) is 12.8. The van der Waals surface area contributed by atoms with Gasteiger partial charge in [0.2, 0.25) is 0 Å². The number of rotatable bonds is 7. The van der Waals surface area contributed by atoms with Crippen molar-refractivity contribution in [1.29, 1.82) is 0 Å². The molecule has 0 N–H and O–H groups in total. The molecule has 0 radical (unpaired) electrons. The summed E-state index contributed by atoms with van der Waals surface area (Å²) in [6.45, 7) is 2.94. The van der Waals surface area contributed by atoms with Crippen LogP contribution in [-0.2, 0) is 25.1 Å². The molecule has 6 heteroatoms. The number of unbranched alkanes of at least 4 members (excludes halogenated alkanes) is 2. The Morgan fingerprint density at radius 2 is 2.19 bits per heavy atom. The van der Waals surface area contributed by atoms with E-state index < -0.39 is 0 Å². The zero-order valence-electron chi connectivity index (χ0n) is 15.0. The van der Waals surface area contributed by atoms with E-state index in [9.17, 15) is 4.79 Å². The Morgan fingerprint density at radius 1 is 1.27 bits per heavy atom. The SMILES string of the molecule is CCCCCn1c(SCc2ccccn2)nc2sc3c(c2c1=O)CCC3. The van der Waals surface area contributed by atoms with E-state index in [0.717, 1.165) is 65.5 Å². The lowest BCUT2D eigenvalue weighted by Crippen LogP contribution is -2.23. The van der Waals surface area contributed by atoms with Crippen LogP contribution in [0.2, 0.25) is 0 Å². The van der Waals surface area contributed by atoms with Crippen molar-refractivity contribution in [3.63, 3.8) is 0 Å². The molecular formula is C20H23N3OS2. The summed E-state index contributed by atoms with van der Waals surface area (Å²) in [5, 5.41) is 1.73. The Bertz CT molecular complexity index is 963. The van der Waals surface area contributed by atoms with Crippen molar-refractivity contribution in [1.82, 2.24) is 14.5 Å². The largest absolute Gasteiger partial charge is 0.287 e. The Labute approximate surface area is 161 Å². The van der Waals surface area contributed by atoms with E-state index in [1.54, 1.807) is 23.1 Å². The summed E-state index contributed by atoms with van der Waals surface area (Å²) in [6.07, 6.45) is 8.41. The molecule has 136 valence electrons. The second-order valence-electron chi connectivity index (χ2n) is 6.71. The molecule has 3 aromatic rings. The number of aryl methyl sites for hydroxylation is 2. The molecule has 0 saturated carbocycles. The molecule has 0 amide bonds. The Hall–Kier alpha value is -1.66. The molecule has 3 aromatic heterocycles. The van der Waals surface area contributed by atoms with Crippen LogP contribution < -0.4 is 5.56 Å². The number of thiophene rings is 1. The standard InChI is InChI=1S/C20H23N3OS2/c1-2-3-6-12-23-19(24)17-15-9-7-10-16(15)26-18(17)22-20(23)25-13-14-8-4-5-11-21-14/h4-5,8,11H,2-3,6-7,9-10,12-13H2,1H3. The van der Waals surface area contributed by atoms with Gasteiger partial charge in [0.05, 0.1) is 11.1 Å². The van der Waals surface area contributed by atoms with Crippen LogP contribution in [0.3, 0.4) is 0 Å². The maximum Gasteiger partial charge on any atom is 0.263 e. The molecule has 0 unspecified atom stereocenters. The van der Waals surface area contributed by atoms with Crippen LogP contribution in [0.1, 0.15) is 48.7 Å². The van der Waals surface area contributed by atoms with Crippen LogP contribution in [0.4, 0.5) is 0 Å². The summed E-state index contributed by atoms with van der Waals surface area (Å²) in [6, 6.07) is 5.94. The topological polar surface area (TPSA) is 47.8 Å². The number of aromatic nitrogens is 3. The maximum absolute atomic E-state index is 13.3. The second kappa shape index (κ2) is 7.92. The van der Waals surface area contributed by atoms with Gasteiger partial charge in [-0.05, 0) is 43.4 Å². The van der Waals surface area contributed by atoms with E-state index in [0.29, 0.717) is 0 Å². The van der Waals surface area contributed by atoms with Gasteiger partial charge in [0.15, 0.2) is 5.16 Å². The third kappa shape index (κ3) is 3.45. The van der Waals surface area contributed by atoms with E-state index in [1.165, 1.54) is 16.9 Å². The fraction of sp³-hybridized carbons (Fsp3) is 0.450. The molecule has 4 rings (SSSR count). The number of nitrogens with zero attached hydrogens (tertiary/aromatic N) is 3. The highest BCUT2D eigenvalue weighted by molar-refractivity contribution is 7.98. The minimum Gasteiger partial charge on any atom is -0.287 e. The third-order valence-corrected chi connectivity index (χ3v) is 7.05. The fourth-order valence-corrected chi connectivity index (χ4v) is 5.75. The molecule has 26 heavy (non-hydrogen) atoms. The zero-order valence-corrected chi connectivity index (χ0v) is 16.7. The van der Waals surface area contributed by atoms with Crippen LogP contribution in [-0.4, -0.2) is 14.5 Å². The normalized spacial score (nSPS) is 13.4. The molecule has 4 nitrogen and oxygen atoms in total. The number of pyridine rings is 1. The smallest absolute Gasteiger partial charge is 0.263 e. The fourth-order valence-electron chi connectivity index (χ4n) is 3.51. The van der Waals surface area contributed by atoms with Crippen LogP contribution in [0.5, 0.6) is 0 Å². The van der Waals surface area contributed by atoms with Crippen LogP contribution in [0, 0.1) is 0 Å². The van der Waals surface area contributed by atoms with Gasteiger partial charge in [-0.3, -0.25) is 14.3 Å². The highest BCUT2D eigenvalue weighted by Crippen LogP contribution is 2.35. The summed E-state index contributed by atoms with van der Waals surface area (Å²) < 4.78 is 1.91. The van der Waals surface area contributed by atoms with Gasteiger partial charge in [0.25, 0.3) is 5.56 Å². The van der Waals surface area contributed by atoms with E-state index in [4.69, 9.17) is 4.98 Å². The predicted molar refractivity (Wildman–Crippen MR) is 109 cm³/mol. The van der Waals surface area contributed by atoms with Gasteiger partial charge in [-0.15, -0.1) is 11.3 Å². The van der Waals surface area contributed by atoms with Crippen molar-refractivity contribution in [3.05, 3.63) is 50.9 Å². The molecule has 3 heterocycles. The number of fused-ring (bicyclic) bond motifs is 3. The summed E-state index contributed by atoms with van der Waals surface area (Å²) in [5.41, 5.74) is 2.45. The second-order valence-corrected chi connectivity index (χ2v) is 8.73. The molecule has 0 saturated heterocycles. The monoisotopic (exact) mass is 385 g/mol. The van der Waals surface area contributed by atoms with Crippen molar-refractivity contribution < 1.29 is 0 Å². The molecule has 0 fully saturated rings. The predicted octanol–water partition coefficient (Wildman–Crippen LogP) is 4.82. The Balaban J connectivity index is 1.71. The average Bonchev–Trinajstić information content (AvgIpc) is 3.23. The molecule has 1 aliphatic carbocycles. The Kier molecular flexibility index (Phi) is 5.41. The summed E-state index contributed by atoms with van der Waals surface area (Å²) >= 11 is 3.34. The zero-order chi connectivity index (χ0) is 17.9. The first-order valence-corrected chi connectivity index (χ1v) is 11.2. The van der Waals surface area contributed by atoms with Crippen molar-refractivity contribution >= 4 is 33.3 Å². The highest BCUT2D eigenvalue weighted by atomic mass is 32.2. The van der Waals surface area contributed by atoms with E-state index in [1.807, 2.05) is 29.0 Å². The van der Waals surface area contributed by atoms with Gasteiger partial charge in [0.1, 0.15) is 4.83 Å². The van der Waals surface area contributed by atoms with Crippen LogP contribution >= 0.6 is 23.1 Å². The molecule has 1 aliphatic rings. The lowest BCUT2D eigenvalue weighted by atomic mass is 10.2. The van der Waals surface area contributed by atoms with Crippen molar-refractivity contribution in [2.45, 2.75) is 62.9 Å².